The van der Waals surface area contributed by atoms with Gasteiger partial charge in [0.1, 0.15) is 0 Å². The summed E-state index contributed by atoms with van der Waals surface area (Å²) in [4.78, 5) is 2.61. The Kier molecular flexibility index (Phi) is 4.39. The summed E-state index contributed by atoms with van der Waals surface area (Å²) in [5.74, 6) is 0. The van der Waals surface area contributed by atoms with E-state index in [0.29, 0.717) is 5.41 Å². The van der Waals surface area contributed by atoms with E-state index in [1.165, 1.54) is 39.0 Å². The summed E-state index contributed by atoms with van der Waals surface area (Å²) in [6, 6.07) is 0.732. The zero-order valence-electron chi connectivity index (χ0n) is 10.3. The number of rotatable bonds is 3. The molecule has 1 N–H and O–H groups in total. The fourth-order valence-corrected chi connectivity index (χ4v) is 2.25. The van der Waals surface area contributed by atoms with E-state index in [1.54, 1.807) is 0 Å². The fourth-order valence-electron chi connectivity index (χ4n) is 2.25. The molecule has 1 unspecified atom stereocenters. The lowest BCUT2D eigenvalue weighted by molar-refractivity contribution is 0.143. The van der Waals surface area contributed by atoms with E-state index in [9.17, 15) is 0 Å². The van der Waals surface area contributed by atoms with Gasteiger partial charge in [-0.2, -0.15) is 0 Å². The van der Waals surface area contributed by atoms with E-state index >= 15 is 0 Å². The second-order valence-electron chi connectivity index (χ2n) is 5.74. The van der Waals surface area contributed by atoms with Crippen LogP contribution in [0.2, 0.25) is 0 Å². The van der Waals surface area contributed by atoms with Crippen molar-refractivity contribution in [2.75, 3.05) is 26.2 Å². The molecule has 2 heteroatoms. The Morgan fingerprint density at radius 3 is 2.64 bits per heavy atom. The van der Waals surface area contributed by atoms with E-state index in [-0.39, 0.29) is 0 Å². The molecule has 0 saturated carbocycles. The summed E-state index contributed by atoms with van der Waals surface area (Å²) in [5.41, 5.74) is 0.439. The monoisotopic (exact) mass is 198 g/mol. The Bertz CT molecular complexity index is 158. The van der Waals surface area contributed by atoms with E-state index in [2.05, 4.69) is 37.9 Å². The maximum Gasteiger partial charge on any atom is 0.0195 e. The maximum absolute atomic E-state index is 3.59. The van der Waals surface area contributed by atoms with Gasteiger partial charge in [-0.15, -0.1) is 0 Å². The number of hydrogen-bond acceptors (Lipinski definition) is 2. The third-order valence-electron chi connectivity index (χ3n) is 2.67. The van der Waals surface area contributed by atoms with Crippen LogP contribution in [-0.4, -0.2) is 37.1 Å². The SMILES string of the molecule is CCCC1CN(CC(C)(C)C)CCN1. The highest BCUT2D eigenvalue weighted by Gasteiger charge is 2.22. The zero-order chi connectivity index (χ0) is 10.6. The van der Waals surface area contributed by atoms with Gasteiger partial charge in [0.2, 0.25) is 0 Å². The van der Waals surface area contributed by atoms with E-state index < -0.39 is 0 Å². The molecular formula is C12H26N2. The first-order valence-electron chi connectivity index (χ1n) is 5.97. The third-order valence-corrected chi connectivity index (χ3v) is 2.67. The molecule has 1 atom stereocenters. The van der Waals surface area contributed by atoms with E-state index in [0.717, 1.165) is 6.04 Å². The second-order valence-corrected chi connectivity index (χ2v) is 5.74. The molecule has 0 bridgehead atoms. The van der Waals surface area contributed by atoms with Crippen molar-refractivity contribution in [1.29, 1.82) is 0 Å². The first-order valence-corrected chi connectivity index (χ1v) is 5.97. The van der Waals surface area contributed by atoms with Crippen molar-refractivity contribution in [3.05, 3.63) is 0 Å². The van der Waals surface area contributed by atoms with Crippen LogP contribution in [0.15, 0.2) is 0 Å². The van der Waals surface area contributed by atoms with Crippen LogP contribution in [0.3, 0.4) is 0 Å². The third kappa shape index (κ3) is 4.43. The van der Waals surface area contributed by atoms with Gasteiger partial charge >= 0.3 is 0 Å². The van der Waals surface area contributed by atoms with Crippen molar-refractivity contribution in [2.45, 2.75) is 46.6 Å². The van der Waals surface area contributed by atoms with Crippen molar-refractivity contribution in [2.24, 2.45) is 5.41 Å². The van der Waals surface area contributed by atoms with Gasteiger partial charge in [0.25, 0.3) is 0 Å². The quantitative estimate of drug-likeness (QED) is 0.747. The summed E-state index contributed by atoms with van der Waals surface area (Å²) in [7, 11) is 0. The van der Waals surface area contributed by atoms with Gasteiger partial charge in [0.15, 0.2) is 0 Å². The largest absolute Gasteiger partial charge is 0.311 e. The minimum absolute atomic E-state index is 0.439. The highest BCUT2D eigenvalue weighted by atomic mass is 15.2. The summed E-state index contributed by atoms with van der Waals surface area (Å²) >= 11 is 0. The van der Waals surface area contributed by atoms with Crippen molar-refractivity contribution < 1.29 is 0 Å². The second kappa shape index (κ2) is 5.13. The summed E-state index contributed by atoms with van der Waals surface area (Å²) in [6.07, 6.45) is 2.61. The van der Waals surface area contributed by atoms with Gasteiger partial charge in [-0.3, -0.25) is 0 Å². The number of piperazine rings is 1. The molecule has 1 rings (SSSR count). The van der Waals surface area contributed by atoms with Crippen molar-refractivity contribution in [1.82, 2.24) is 10.2 Å². The average Bonchev–Trinajstić information content (AvgIpc) is 2.02. The topological polar surface area (TPSA) is 15.3 Å². The maximum atomic E-state index is 3.59. The van der Waals surface area contributed by atoms with Crippen LogP contribution in [0.25, 0.3) is 0 Å². The molecule has 1 saturated heterocycles. The number of hydrogen-bond donors (Lipinski definition) is 1. The minimum Gasteiger partial charge on any atom is -0.311 e. The fraction of sp³-hybridized carbons (Fsp3) is 1.00. The Hall–Kier alpha value is -0.0800. The molecule has 14 heavy (non-hydrogen) atoms. The molecule has 0 amide bonds. The van der Waals surface area contributed by atoms with Gasteiger partial charge in [0.05, 0.1) is 0 Å². The predicted octanol–water partition coefficient (Wildman–Crippen LogP) is 2.11. The molecule has 2 nitrogen and oxygen atoms in total. The molecule has 0 aromatic rings. The minimum atomic E-state index is 0.439. The molecule has 1 aliphatic heterocycles. The van der Waals surface area contributed by atoms with Crippen LogP contribution in [-0.2, 0) is 0 Å². The van der Waals surface area contributed by atoms with Crippen LogP contribution in [0, 0.1) is 5.41 Å². The van der Waals surface area contributed by atoms with Gasteiger partial charge in [-0.25, -0.2) is 0 Å². The standard InChI is InChI=1S/C12H26N2/c1-5-6-11-9-14(8-7-13-11)10-12(2,3)4/h11,13H,5-10H2,1-4H3. The average molecular weight is 198 g/mol. The van der Waals surface area contributed by atoms with Crippen LogP contribution in [0.1, 0.15) is 40.5 Å². The van der Waals surface area contributed by atoms with Gasteiger partial charge < -0.3 is 10.2 Å². The van der Waals surface area contributed by atoms with Crippen molar-refractivity contribution in [3.8, 4) is 0 Å². The smallest absolute Gasteiger partial charge is 0.0195 e. The van der Waals surface area contributed by atoms with Crippen LogP contribution < -0.4 is 5.32 Å². The van der Waals surface area contributed by atoms with Crippen LogP contribution in [0.4, 0.5) is 0 Å². The van der Waals surface area contributed by atoms with E-state index in [1.807, 2.05) is 0 Å². The van der Waals surface area contributed by atoms with Crippen LogP contribution in [0.5, 0.6) is 0 Å². The molecule has 1 heterocycles. The van der Waals surface area contributed by atoms with Crippen LogP contribution >= 0.6 is 0 Å². The molecule has 1 fully saturated rings. The Labute approximate surface area is 89.1 Å². The molecule has 0 radical (unpaired) electrons. The molecule has 0 aliphatic carbocycles. The van der Waals surface area contributed by atoms with Gasteiger partial charge in [-0.1, -0.05) is 34.1 Å². The molecular weight excluding hydrogens is 172 g/mol. The Morgan fingerprint density at radius 1 is 1.36 bits per heavy atom. The summed E-state index contributed by atoms with van der Waals surface area (Å²) in [6.45, 7) is 14.1. The summed E-state index contributed by atoms with van der Waals surface area (Å²) < 4.78 is 0. The highest BCUT2D eigenvalue weighted by Crippen LogP contribution is 2.16. The lowest BCUT2D eigenvalue weighted by atomic mass is 9.95. The number of nitrogens with zero attached hydrogens (tertiary/aromatic N) is 1. The summed E-state index contributed by atoms with van der Waals surface area (Å²) in [5, 5.41) is 3.59. The molecule has 84 valence electrons. The van der Waals surface area contributed by atoms with Gasteiger partial charge in [0, 0.05) is 32.2 Å². The molecule has 0 aromatic heterocycles. The van der Waals surface area contributed by atoms with Crippen molar-refractivity contribution in [3.63, 3.8) is 0 Å². The lowest BCUT2D eigenvalue weighted by Gasteiger charge is -2.37. The first kappa shape index (κ1) is 12.0. The van der Waals surface area contributed by atoms with Gasteiger partial charge in [-0.05, 0) is 11.8 Å². The molecule has 0 spiro atoms. The normalized spacial score (nSPS) is 25.3. The molecule has 0 aromatic carbocycles. The Morgan fingerprint density at radius 2 is 2.07 bits per heavy atom. The lowest BCUT2D eigenvalue weighted by Crippen LogP contribution is -2.52. The molecule has 1 aliphatic rings. The Balaban J connectivity index is 2.32. The first-order chi connectivity index (χ1) is 6.51. The predicted molar refractivity (Wildman–Crippen MR) is 62.6 cm³/mol. The highest BCUT2D eigenvalue weighted by molar-refractivity contribution is 4.80. The zero-order valence-corrected chi connectivity index (χ0v) is 10.3. The van der Waals surface area contributed by atoms with Crippen molar-refractivity contribution >= 4 is 0 Å². The van der Waals surface area contributed by atoms with E-state index in [4.69, 9.17) is 0 Å². The number of nitrogens with one attached hydrogen (secondary N) is 1.